The van der Waals surface area contributed by atoms with Crippen molar-refractivity contribution in [1.82, 2.24) is 0 Å². The van der Waals surface area contributed by atoms with Crippen molar-refractivity contribution in [3.8, 4) is 6.07 Å². The lowest BCUT2D eigenvalue weighted by Gasteiger charge is -1.60. The van der Waals surface area contributed by atoms with Gasteiger partial charge in [0.25, 0.3) is 0 Å². The summed E-state index contributed by atoms with van der Waals surface area (Å²) in [5.74, 6) is 0. The van der Waals surface area contributed by atoms with E-state index in [-0.39, 0.29) is 0 Å². The van der Waals surface area contributed by atoms with Crippen LogP contribution in [0.3, 0.4) is 0 Å². The summed E-state index contributed by atoms with van der Waals surface area (Å²) >= 11 is 0. The molecule has 0 aromatic heterocycles. The number of rotatable bonds is 0. The minimum atomic E-state index is -1.83. The summed E-state index contributed by atoms with van der Waals surface area (Å²) in [6, 6.07) is 1.75. The zero-order chi connectivity index (χ0) is 8.99. The van der Waals surface area contributed by atoms with Gasteiger partial charge in [0.05, 0.1) is 6.07 Å². The summed E-state index contributed by atoms with van der Waals surface area (Å²) in [6.07, 6.45) is -0.0833. The molecule has 4 nitrogen and oxygen atoms in total. The molecule has 58 valence electrons. The van der Waals surface area contributed by atoms with Crippen LogP contribution in [0.5, 0.6) is 0 Å². The summed E-state index contributed by atoms with van der Waals surface area (Å²) in [5.41, 5.74) is 0. The van der Waals surface area contributed by atoms with Gasteiger partial charge in [0.15, 0.2) is 0 Å². The minimum Gasteiger partial charge on any atom is -0.450 e. The van der Waals surface area contributed by atoms with Crippen LogP contribution in [-0.2, 0) is 0 Å². The zero-order valence-electron chi connectivity index (χ0n) is 6.03. The fourth-order valence-corrected chi connectivity index (χ4v) is 0. The second-order valence-electron chi connectivity index (χ2n) is 0.914. The first kappa shape index (κ1) is 15.8. The molecule has 0 saturated carbocycles. The van der Waals surface area contributed by atoms with Crippen molar-refractivity contribution in [3.05, 3.63) is 12.7 Å². The van der Waals surface area contributed by atoms with Gasteiger partial charge in [0.2, 0.25) is 0 Å². The smallest absolute Gasteiger partial charge is 0.450 e. The summed E-state index contributed by atoms with van der Waals surface area (Å²) in [5, 5.41) is 21.3. The Morgan fingerprint density at radius 2 is 1.70 bits per heavy atom. The molecule has 0 aliphatic heterocycles. The lowest BCUT2D eigenvalue weighted by atomic mass is 10.8. The Morgan fingerprint density at radius 3 is 1.70 bits per heavy atom. The molecule has 0 aliphatic rings. The van der Waals surface area contributed by atoms with Crippen molar-refractivity contribution >= 4 is 6.16 Å². The standard InChI is InChI=1S/C3H6.C2H3N.CH2O3/c1-3-2;1-2-3;2-1(3)4/h3H,1H2,2H3;1H3;(H2,2,3,4). The van der Waals surface area contributed by atoms with Crippen LogP contribution >= 0.6 is 0 Å². The lowest BCUT2D eigenvalue weighted by Crippen LogP contribution is -1.81. The van der Waals surface area contributed by atoms with E-state index >= 15 is 0 Å². The third-order valence-corrected chi connectivity index (χ3v) is 0. The monoisotopic (exact) mass is 145 g/mol. The van der Waals surface area contributed by atoms with Gasteiger partial charge in [-0.2, -0.15) is 5.26 Å². The molecule has 0 bridgehead atoms. The van der Waals surface area contributed by atoms with Gasteiger partial charge in [-0.05, 0) is 6.92 Å². The Kier molecular flexibility index (Phi) is 40.9. The van der Waals surface area contributed by atoms with Crippen LogP contribution in [0, 0.1) is 11.3 Å². The molecule has 0 aliphatic carbocycles. The average Bonchev–Trinajstić information content (AvgIpc) is 1.65. The quantitative estimate of drug-likeness (QED) is 0.510. The van der Waals surface area contributed by atoms with Crippen LogP contribution in [0.1, 0.15) is 13.8 Å². The molecule has 0 rings (SSSR count). The summed E-state index contributed by atoms with van der Waals surface area (Å²) in [6.45, 7) is 6.68. The molecule has 2 N–H and O–H groups in total. The predicted octanol–water partition coefficient (Wildman–Crippen LogP) is 1.94. The molecule has 0 saturated heterocycles. The highest BCUT2D eigenvalue weighted by Crippen LogP contribution is 1.42. The summed E-state index contributed by atoms with van der Waals surface area (Å²) in [4.78, 5) is 8.56. The Labute approximate surface area is 60.0 Å². The highest BCUT2D eigenvalue weighted by atomic mass is 16.6. The van der Waals surface area contributed by atoms with E-state index in [4.69, 9.17) is 20.3 Å². The molecule has 0 radical (unpaired) electrons. The van der Waals surface area contributed by atoms with Crippen molar-refractivity contribution in [1.29, 1.82) is 5.26 Å². The van der Waals surface area contributed by atoms with Gasteiger partial charge < -0.3 is 10.2 Å². The van der Waals surface area contributed by atoms with Gasteiger partial charge in [-0.25, -0.2) is 4.79 Å². The van der Waals surface area contributed by atoms with E-state index in [1.165, 1.54) is 6.92 Å². The number of nitriles is 1. The molecule has 0 heterocycles. The number of nitrogens with zero attached hydrogens (tertiary/aromatic N) is 1. The molecular formula is C6H11NO3. The van der Waals surface area contributed by atoms with Crippen LogP contribution in [0.25, 0.3) is 0 Å². The maximum atomic E-state index is 8.56. The van der Waals surface area contributed by atoms with E-state index < -0.39 is 6.16 Å². The SMILES string of the molecule is C=CC.CC#N.O=C(O)O. The Hall–Kier alpha value is -1.50. The highest BCUT2D eigenvalue weighted by Gasteiger charge is 1.70. The van der Waals surface area contributed by atoms with E-state index in [0.717, 1.165) is 0 Å². The number of allylic oxidation sites excluding steroid dienone is 1. The third kappa shape index (κ3) is 87.4. The van der Waals surface area contributed by atoms with Crippen LogP contribution < -0.4 is 0 Å². The Balaban J connectivity index is -0.0000000750. The number of hydrogen-bond acceptors (Lipinski definition) is 2. The van der Waals surface area contributed by atoms with E-state index in [0.29, 0.717) is 0 Å². The lowest BCUT2D eigenvalue weighted by molar-refractivity contribution is 0.137. The van der Waals surface area contributed by atoms with E-state index in [1.54, 1.807) is 12.1 Å². The van der Waals surface area contributed by atoms with Gasteiger partial charge in [-0.15, -0.1) is 6.58 Å². The third-order valence-electron chi connectivity index (χ3n) is 0. The van der Waals surface area contributed by atoms with Crippen molar-refractivity contribution in [2.45, 2.75) is 13.8 Å². The van der Waals surface area contributed by atoms with E-state index in [9.17, 15) is 0 Å². The van der Waals surface area contributed by atoms with E-state index in [1.807, 2.05) is 6.92 Å². The Morgan fingerprint density at radius 1 is 1.70 bits per heavy atom. The molecular weight excluding hydrogens is 134 g/mol. The second kappa shape index (κ2) is 25.9. The molecule has 0 spiro atoms. The topological polar surface area (TPSA) is 81.3 Å². The fraction of sp³-hybridized carbons (Fsp3) is 0.333. The predicted molar refractivity (Wildman–Crippen MR) is 37.8 cm³/mol. The number of hydrogen-bond donors (Lipinski definition) is 2. The first-order chi connectivity index (χ1) is 4.56. The highest BCUT2D eigenvalue weighted by molar-refractivity contribution is 5.53. The van der Waals surface area contributed by atoms with Crippen LogP contribution in [-0.4, -0.2) is 16.4 Å². The first-order valence-corrected chi connectivity index (χ1v) is 2.36. The zero-order valence-corrected chi connectivity index (χ0v) is 6.03. The maximum Gasteiger partial charge on any atom is 0.503 e. The number of carboxylic acid groups (broad SMARTS) is 2. The van der Waals surface area contributed by atoms with Crippen LogP contribution in [0.15, 0.2) is 12.7 Å². The fourth-order valence-electron chi connectivity index (χ4n) is 0. The normalized spacial score (nSPS) is 4.50. The average molecular weight is 145 g/mol. The molecule has 0 atom stereocenters. The molecule has 0 aromatic carbocycles. The van der Waals surface area contributed by atoms with Gasteiger partial charge in [0, 0.05) is 6.92 Å². The largest absolute Gasteiger partial charge is 0.503 e. The van der Waals surface area contributed by atoms with E-state index in [2.05, 4.69) is 6.58 Å². The van der Waals surface area contributed by atoms with Crippen LogP contribution in [0.4, 0.5) is 4.79 Å². The Bertz CT molecular complexity index is 111. The summed E-state index contributed by atoms with van der Waals surface area (Å²) < 4.78 is 0. The molecule has 0 unspecified atom stereocenters. The molecule has 10 heavy (non-hydrogen) atoms. The minimum absolute atomic E-state index is 1.43. The van der Waals surface area contributed by atoms with Gasteiger partial charge in [-0.3, -0.25) is 0 Å². The van der Waals surface area contributed by atoms with Crippen molar-refractivity contribution in [2.75, 3.05) is 0 Å². The van der Waals surface area contributed by atoms with Crippen molar-refractivity contribution < 1.29 is 15.0 Å². The number of carbonyl (C=O) groups is 1. The first-order valence-electron chi connectivity index (χ1n) is 2.36. The summed E-state index contributed by atoms with van der Waals surface area (Å²) in [7, 11) is 0. The van der Waals surface area contributed by atoms with Crippen LogP contribution in [0.2, 0.25) is 0 Å². The molecule has 0 aromatic rings. The second-order valence-corrected chi connectivity index (χ2v) is 0.914. The molecule has 4 heteroatoms. The van der Waals surface area contributed by atoms with Crippen molar-refractivity contribution in [3.63, 3.8) is 0 Å². The van der Waals surface area contributed by atoms with Gasteiger partial charge in [0.1, 0.15) is 0 Å². The van der Waals surface area contributed by atoms with Crippen molar-refractivity contribution in [2.24, 2.45) is 0 Å². The molecule has 0 amide bonds. The molecule has 0 fully saturated rings. The maximum absolute atomic E-state index is 8.56. The van der Waals surface area contributed by atoms with Gasteiger partial charge >= 0.3 is 6.16 Å². The van der Waals surface area contributed by atoms with Gasteiger partial charge in [-0.1, -0.05) is 6.08 Å².